The molecule has 2 aromatic rings. The number of amides is 1. The molecule has 0 radical (unpaired) electrons. The van der Waals surface area contributed by atoms with Crippen molar-refractivity contribution in [3.05, 3.63) is 63.7 Å². The third-order valence-electron chi connectivity index (χ3n) is 3.44. The molecule has 1 amide bonds. The summed E-state index contributed by atoms with van der Waals surface area (Å²) in [4.78, 5) is 24.6. The summed E-state index contributed by atoms with van der Waals surface area (Å²) >= 11 is 6.37. The Morgan fingerprint density at radius 1 is 1.11 bits per heavy atom. The normalized spacial score (nSPS) is 10.9. The summed E-state index contributed by atoms with van der Waals surface area (Å²) in [5.41, 5.74) is 5.91. The predicted molar refractivity (Wildman–Crippen MR) is 114 cm³/mol. The predicted octanol–water partition coefficient (Wildman–Crippen LogP) is 3.96. The van der Waals surface area contributed by atoms with E-state index in [2.05, 4.69) is 16.2 Å². The van der Waals surface area contributed by atoms with Gasteiger partial charge in [0.1, 0.15) is 0 Å². The summed E-state index contributed by atoms with van der Waals surface area (Å²) in [6.07, 6.45) is 0. The van der Waals surface area contributed by atoms with Crippen LogP contribution < -0.4 is 16.2 Å². The van der Waals surface area contributed by atoms with Crippen molar-refractivity contribution in [2.45, 2.75) is 43.0 Å². The molecule has 2 rings (SSSR count). The molecule has 2 aromatic carbocycles. The summed E-state index contributed by atoms with van der Waals surface area (Å²) < 4.78 is 0. The molecule has 148 valence electrons. The van der Waals surface area contributed by atoms with Crippen molar-refractivity contribution >= 4 is 40.7 Å². The Hall–Kier alpha value is -2.65. The lowest BCUT2D eigenvalue weighted by atomic mass is 10.1. The van der Waals surface area contributed by atoms with Gasteiger partial charge in [0.15, 0.2) is 5.11 Å². The number of aryl methyl sites for hydroxylation is 1. The van der Waals surface area contributed by atoms with Crippen LogP contribution in [0, 0.1) is 17.0 Å². The Balaban J connectivity index is 2.12. The maximum Gasteiger partial charge on any atom is 0.284 e. The van der Waals surface area contributed by atoms with Gasteiger partial charge in [0, 0.05) is 22.1 Å². The second-order valence-electron chi connectivity index (χ2n) is 7.14. The fraction of sp³-hybridized carbons (Fsp3) is 0.263. The average Bonchev–Trinajstić information content (AvgIpc) is 2.60. The first-order chi connectivity index (χ1) is 13.0. The fourth-order valence-electron chi connectivity index (χ4n) is 2.18. The van der Waals surface area contributed by atoms with Crippen LogP contribution in [-0.4, -0.2) is 21.5 Å². The zero-order valence-electron chi connectivity index (χ0n) is 16.0. The smallest absolute Gasteiger partial charge is 0.284 e. The molecule has 0 aliphatic heterocycles. The van der Waals surface area contributed by atoms with Gasteiger partial charge in [-0.2, -0.15) is 0 Å². The number of hydrazine groups is 1. The molecule has 0 aliphatic rings. The van der Waals surface area contributed by atoms with Crippen LogP contribution in [0.3, 0.4) is 0 Å². The van der Waals surface area contributed by atoms with Gasteiger partial charge in [0.2, 0.25) is 0 Å². The van der Waals surface area contributed by atoms with Crippen LogP contribution >= 0.6 is 24.0 Å². The molecule has 0 aliphatic carbocycles. The zero-order valence-corrected chi connectivity index (χ0v) is 17.7. The number of nitrogens with zero attached hydrogens (tertiary/aromatic N) is 1. The number of benzene rings is 2. The first-order valence-electron chi connectivity index (χ1n) is 8.46. The van der Waals surface area contributed by atoms with Crippen LogP contribution in [0.15, 0.2) is 52.3 Å². The van der Waals surface area contributed by atoms with Gasteiger partial charge < -0.3 is 5.32 Å². The lowest BCUT2D eigenvalue weighted by Crippen LogP contribution is -2.52. The minimum Gasteiger partial charge on any atom is -0.357 e. The number of carbonyl (C=O) groups is 1. The van der Waals surface area contributed by atoms with Gasteiger partial charge >= 0.3 is 0 Å². The number of thiocarbonyl (C=S) groups is 1. The monoisotopic (exact) mass is 418 g/mol. The summed E-state index contributed by atoms with van der Waals surface area (Å²) in [6, 6.07) is 12.1. The van der Waals surface area contributed by atoms with E-state index in [0.29, 0.717) is 4.90 Å². The fourth-order valence-corrected chi connectivity index (χ4v) is 3.44. The van der Waals surface area contributed by atoms with Gasteiger partial charge in [-0.05, 0) is 64.2 Å². The molecule has 3 N–H and O–H groups in total. The minimum atomic E-state index is -0.520. The van der Waals surface area contributed by atoms with E-state index in [1.165, 1.54) is 17.8 Å². The highest BCUT2D eigenvalue weighted by molar-refractivity contribution is 7.99. The van der Waals surface area contributed by atoms with E-state index in [9.17, 15) is 14.9 Å². The van der Waals surface area contributed by atoms with E-state index in [1.807, 2.05) is 52.0 Å². The molecular weight excluding hydrogens is 396 g/mol. The molecule has 0 fully saturated rings. The van der Waals surface area contributed by atoms with Crippen molar-refractivity contribution in [1.82, 2.24) is 16.2 Å². The highest BCUT2D eigenvalue weighted by Crippen LogP contribution is 2.35. The number of hydrogen-bond donors (Lipinski definition) is 3. The molecule has 0 aromatic heterocycles. The Kier molecular flexibility index (Phi) is 6.98. The summed E-state index contributed by atoms with van der Waals surface area (Å²) in [6.45, 7) is 7.75. The molecule has 0 saturated heterocycles. The van der Waals surface area contributed by atoms with Crippen molar-refractivity contribution in [3.63, 3.8) is 0 Å². The lowest BCUT2D eigenvalue weighted by molar-refractivity contribution is -0.387. The second kappa shape index (κ2) is 9.03. The van der Waals surface area contributed by atoms with E-state index < -0.39 is 10.8 Å². The molecule has 0 saturated carbocycles. The Labute approximate surface area is 173 Å². The molecule has 0 spiro atoms. The van der Waals surface area contributed by atoms with E-state index >= 15 is 0 Å². The highest BCUT2D eigenvalue weighted by Gasteiger charge is 2.19. The molecule has 0 unspecified atom stereocenters. The third kappa shape index (κ3) is 6.50. The Morgan fingerprint density at radius 2 is 1.75 bits per heavy atom. The maximum atomic E-state index is 12.3. The maximum absolute atomic E-state index is 12.3. The third-order valence-corrected chi connectivity index (χ3v) is 4.72. The van der Waals surface area contributed by atoms with Gasteiger partial charge in [0.25, 0.3) is 11.6 Å². The molecule has 28 heavy (non-hydrogen) atoms. The molecule has 0 heterocycles. The number of hydrogen-bond acceptors (Lipinski definition) is 5. The van der Waals surface area contributed by atoms with E-state index in [1.54, 1.807) is 12.1 Å². The van der Waals surface area contributed by atoms with Gasteiger partial charge in [-0.15, -0.1) is 0 Å². The van der Waals surface area contributed by atoms with Crippen molar-refractivity contribution in [2.24, 2.45) is 0 Å². The van der Waals surface area contributed by atoms with E-state index in [4.69, 9.17) is 12.2 Å². The van der Waals surface area contributed by atoms with Crippen LogP contribution in [0.5, 0.6) is 0 Å². The van der Waals surface area contributed by atoms with E-state index in [-0.39, 0.29) is 21.9 Å². The molecule has 0 bridgehead atoms. The largest absolute Gasteiger partial charge is 0.357 e. The van der Waals surface area contributed by atoms with Gasteiger partial charge in [0.05, 0.1) is 9.82 Å². The van der Waals surface area contributed by atoms with Crippen LogP contribution in [0.25, 0.3) is 0 Å². The van der Waals surface area contributed by atoms with Crippen molar-refractivity contribution in [3.8, 4) is 0 Å². The molecular formula is C19H22N4O3S2. The van der Waals surface area contributed by atoms with Crippen LogP contribution in [-0.2, 0) is 0 Å². The minimum absolute atomic E-state index is 0.131. The number of carbonyl (C=O) groups excluding carboxylic acids is 1. The number of rotatable bonds is 4. The van der Waals surface area contributed by atoms with Crippen molar-refractivity contribution < 1.29 is 9.72 Å². The number of nitrogens with one attached hydrogen (secondary N) is 3. The SMILES string of the molecule is Cc1ccc(Sc2ccc(C(=O)NNC(=S)NC(C)(C)C)cc2[N+](=O)[O-])cc1. The quantitative estimate of drug-likeness (QED) is 0.393. The highest BCUT2D eigenvalue weighted by atomic mass is 32.2. The van der Waals surface area contributed by atoms with Gasteiger partial charge in [-0.1, -0.05) is 29.5 Å². The Bertz CT molecular complexity index is 893. The van der Waals surface area contributed by atoms with Gasteiger partial charge in [-0.25, -0.2) is 0 Å². The molecule has 9 heteroatoms. The summed E-state index contributed by atoms with van der Waals surface area (Å²) in [5.74, 6) is -0.520. The first kappa shape index (κ1) is 21.6. The second-order valence-corrected chi connectivity index (χ2v) is 8.66. The number of nitro groups is 1. The Morgan fingerprint density at radius 3 is 2.32 bits per heavy atom. The number of nitro benzene ring substituents is 1. The average molecular weight is 419 g/mol. The van der Waals surface area contributed by atoms with Crippen molar-refractivity contribution in [2.75, 3.05) is 0 Å². The summed E-state index contributed by atoms with van der Waals surface area (Å²) in [5, 5.41) is 14.7. The summed E-state index contributed by atoms with van der Waals surface area (Å²) in [7, 11) is 0. The lowest BCUT2D eigenvalue weighted by Gasteiger charge is -2.23. The molecule has 0 atom stereocenters. The van der Waals surface area contributed by atoms with E-state index in [0.717, 1.165) is 10.5 Å². The standard InChI is InChI=1S/C19H22N4O3S2/c1-12-5-8-14(9-6-12)28-16-10-7-13(11-15(16)23(25)26)17(24)21-22-18(27)20-19(2,3)4/h5-11H,1-4H3,(H,21,24)(H2,20,22,27). The first-order valence-corrected chi connectivity index (χ1v) is 9.69. The van der Waals surface area contributed by atoms with Crippen LogP contribution in [0.2, 0.25) is 0 Å². The van der Waals surface area contributed by atoms with Crippen LogP contribution in [0.1, 0.15) is 36.7 Å². The topological polar surface area (TPSA) is 96.3 Å². The van der Waals surface area contributed by atoms with Crippen LogP contribution in [0.4, 0.5) is 5.69 Å². The van der Waals surface area contributed by atoms with Crippen molar-refractivity contribution in [1.29, 1.82) is 0 Å². The molecule has 7 nitrogen and oxygen atoms in total. The zero-order chi connectivity index (χ0) is 20.9. The van der Waals surface area contributed by atoms with Gasteiger partial charge in [-0.3, -0.25) is 25.8 Å².